The predicted molar refractivity (Wildman–Crippen MR) is 158 cm³/mol. The van der Waals surface area contributed by atoms with E-state index < -0.39 is 0 Å². The number of rotatable bonds is 8. The fourth-order valence-corrected chi connectivity index (χ4v) is 5.80. The van der Waals surface area contributed by atoms with E-state index in [4.69, 9.17) is 0 Å². The van der Waals surface area contributed by atoms with Gasteiger partial charge in [0.1, 0.15) is 0 Å². The number of carbonyl (C=O) groups excluding carboxylic acids is 2. The average Bonchev–Trinajstić information content (AvgIpc) is 3.29. The Labute approximate surface area is 237 Å². The van der Waals surface area contributed by atoms with Crippen LogP contribution in [0, 0.1) is 19.3 Å². The number of benzene rings is 2. The standard InChI is InChI=1S/C31H41N5O2S/c1-22-12-14-25(15-13-22)29-32-33-30(36(29)26-10-7-9-23(2)19-26)39-18-8-11-27(37)34-16-17-35(24(3)21-34)28(38)20-31(4,5)6/h7,9-10,12-15,19,24H,8,11,16-18,20-21H2,1-6H3. The first kappa shape index (κ1) is 28.9. The minimum Gasteiger partial charge on any atom is -0.339 e. The monoisotopic (exact) mass is 547 g/mol. The van der Waals surface area contributed by atoms with Gasteiger partial charge in [0.05, 0.1) is 0 Å². The summed E-state index contributed by atoms with van der Waals surface area (Å²) in [5, 5.41) is 9.90. The number of nitrogens with zero attached hydrogens (tertiary/aromatic N) is 5. The third-order valence-electron chi connectivity index (χ3n) is 6.95. The molecule has 4 rings (SSSR count). The molecule has 1 unspecified atom stereocenters. The molecule has 39 heavy (non-hydrogen) atoms. The molecular formula is C31H41N5O2S. The van der Waals surface area contributed by atoms with Gasteiger partial charge in [0, 0.05) is 55.5 Å². The molecule has 1 aliphatic rings. The van der Waals surface area contributed by atoms with Crippen molar-refractivity contribution in [1.29, 1.82) is 0 Å². The first-order valence-corrected chi connectivity index (χ1v) is 14.8. The summed E-state index contributed by atoms with van der Waals surface area (Å²) in [6, 6.07) is 16.7. The highest BCUT2D eigenvalue weighted by Gasteiger charge is 2.31. The SMILES string of the molecule is Cc1ccc(-c2nnc(SCCCC(=O)N3CCN(C(=O)CC(C)(C)C)C(C)C3)n2-c2cccc(C)c2)cc1. The number of amides is 2. The van der Waals surface area contributed by atoms with Gasteiger partial charge in [-0.3, -0.25) is 14.2 Å². The van der Waals surface area contributed by atoms with Crippen LogP contribution in [0.1, 0.15) is 58.1 Å². The summed E-state index contributed by atoms with van der Waals surface area (Å²) in [7, 11) is 0. The van der Waals surface area contributed by atoms with Crippen LogP contribution in [-0.4, -0.2) is 67.8 Å². The molecule has 0 radical (unpaired) electrons. The fraction of sp³-hybridized carbons (Fsp3) is 0.484. The Morgan fingerprint density at radius 1 is 0.974 bits per heavy atom. The number of aromatic nitrogens is 3. The molecule has 7 nitrogen and oxygen atoms in total. The number of hydrogen-bond donors (Lipinski definition) is 0. The van der Waals surface area contributed by atoms with Crippen LogP contribution in [0.15, 0.2) is 53.7 Å². The lowest BCUT2D eigenvalue weighted by atomic mass is 9.91. The third kappa shape index (κ3) is 7.50. The van der Waals surface area contributed by atoms with Crippen molar-refractivity contribution in [2.75, 3.05) is 25.4 Å². The molecule has 1 saturated heterocycles. The van der Waals surface area contributed by atoms with Crippen molar-refractivity contribution in [1.82, 2.24) is 24.6 Å². The summed E-state index contributed by atoms with van der Waals surface area (Å²) in [6.07, 6.45) is 1.77. The highest BCUT2D eigenvalue weighted by atomic mass is 32.2. The van der Waals surface area contributed by atoms with Gasteiger partial charge >= 0.3 is 0 Å². The van der Waals surface area contributed by atoms with E-state index in [1.165, 1.54) is 11.1 Å². The van der Waals surface area contributed by atoms with Gasteiger partial charge in [-0.25, -0.2) is 0 Å². The van der Waals surface area contributed by atoms with E-state index in [9.17, 15) is 9.59 Å². The van der Waals surface area contributed by atoms with Crippen LogP contribution in [0.5, 0.6) is 0 Å². The normalized spacial score (nSPS) is 16.0. The minimum atomic E-state index is -0.0358. The molecule has 208 valence electrons. The van der Waals surface area contributed by atoms with Crippen LogP contribution < -0.4 is 0 Å². The Morgan fingerprint density at radius 3 is 2.38 bits per heavy atom. The molecule has 0 spiro atoms. The Kier molecular flexibility index (Phi) is 9.15. The van der Waals surface area contributed by atoms with Gasteiger partial charge in [-0.1, -0.05) is 74.5 Å². The zero-order valence-corrected chi connectivity index (χ0v) is 24.9. The van der Waals surface area contributed by atoms with Crippen LogP contribution >= 0.6 is 11.8 Å². The van der Waals surface area contributed by atoms with Gasteiger partial charge in [-0.2, -0.15) is 0 Å². The van der Waals surface area contributed by atoms with Crippen molar-refractivity contribution in [3.8, 4) is 17.1 Å². The molecular weight excluding hydrogens is 506 g/mol. The Bertz CT molecular complexity index is 1300. The molecule has 0 aliphatic carbocycles. The van der Waals surface area contributed by atoms with Crippen molar-refractivity contribution in [2.24, 2.45) is 5.41 Å². The molecule has 0 N–H and O–H groups in total. The van der Waals surface area contributed by atoms with Crippen molar-refractivity contribution in [2.45, 2.75) is 72.0 Å². The quantitative estimate of drug-likeness (QED) is 0.259. The second-order valence-corrected chi connectivity index (χ2v) is 12.9. The lowest BCUT2D eigenvalue weighted by molar-refractivity contribution is -0.143. The summed E-state index contributed by atoms with van der Waals surface area (Å²) in [6.45, 7) is 14.3. The van der Waals surface area contributed by atoms with Gasteiger partial charge in [0.15, 0.2) is 11.0 Å². The Balaban J connectivity index is 1.36. The smallest absolute Gasteiger partial charge is 0.223 e. The van der Waals surface area contributed by atoms with E-state index in [1.807, 2.05) is 22.8 Å². The summed E-state index contributed by atoms with van der Waals surface area (Å²) in [5.41, 5.74) is 4.39. The van der Waals surface area contributed by atoms with Gasteiger partial charge < -0.3 is 9.80 Å². The fourth-order valence-electron chi connectivity index (χ4n) is 4.91. The van der Waals surface area contributed by atoms with Crippen molar-refractivity contribution in [3.05, 3.63) is 59.7 Å². The van der Waals surface area contributed by atoms with E-state index in [0.717, 1.165) is 34.4 Å². The molecule has 0 bridgehead atoms. The molecule has 2 aromatic carbocycles. The molecule has 1 atom stereocenters. The van der Waals surface area contributed by atoms with Gasteiger partial charge in [-0.05, 0) is 50.3 Å². The predicted octanol–water partition coefficient (Wildman–Crippen LogP) is 5.92. The largest absolute Gasteiger partial charge is 0.339 e. The maximum absolute atomic E-state index is 13.0. The van der Waals surface area contributed by atoms with Gasteiger partial charge in [0.25, 0.3) is 0 Å². The Morgan fingerprint density at radius 2 is 1.72 bits per heavy atom. The highest BCUT2D eigenvalue weighted by Crippen LogP contribution is 2.29. The van der Waals surface area contributed by atoms with Crippen molar-refractivity contribution >= 4 is 23.6 Å². The number of aryl methyl sites for hydroxylation is 2. The van der Waals surface area contributed by atoms with Crippen LogP contribution in [0.25, 0.3) is 17.1 Å². The summed E-state index contributed by atoms with van der Waals surface area (Å²) in [5.74, 6) is 1.92. The molecule has 8 heteroatoms. The molecule has 1 aromatic heterocycles. The van der Waals surface area contributed by atoms with E-state index in [-0.39, 0.29) is 23.3 Å². The molecule has 3 aromatic rings. The van der Waals surface area contributed by atoms with Gasteiger partial charge in [0.2, 0.25) is 11.8 Å². The summed E-state index contributed by atoms with van der Waals surface area (Å²) in [4.78, 5) is 29.5. The lowest BCUT2D eigenvalue weighted by Crippen LogP contribution is -2.55. The second kappa shape index (κ2) is 12.4. The minimum absolute atomic E-state index is 0.0358. The molecule has 2 amide bonds. The first-order chi connectivity index (χ1) is 18.5. The van der Waals surface area contributed by atoms with Crippen LogP contribution in [0.4, 0.5) is 0 Å². The molecule has 2 heterocycles. The Hall–Kier alpha value is -3.13. The molecule has 0 saturated carbocycles. The third-order valence-corrected chi connectivity index (χ3v) is 7.97. The molecule has 1 aliphatic heterocycles. The average molecular weight is 548 g/mol. The highest BCUT2D eigenvalue weighted by molar-refractivity contribution is 7.99. The zero-order valence-electron chi connectivity index (χ0n) is 24.1. The van der Waals surface area contributed by atoms with Gasteiger partial charge in [-0.15, -0.1) is 10.2 Å². The maximum Gasteiger partial charge on any atom is 0.223 e. The number of piperazine rings is 1. The number of thioether (sulfide) groups is 1. The topological polar surface area (TPSA) is 71.3 Å². The lowest BCUT2D eigenvalue weighted by Gasteiger charge is -2.41. The van der Waals surface area contributed by atoms with Crippen molar-refractivity contribution < 1.29 is 9.59 Å². The number of hydrogen-bond acceptors (Lipinski definition) is 5. The molecule has 1 fully saturated rings. The van der Waals surface area contributed by atoms with Crippen LogP contribution in [0.3, 0.4) is 0 Å². The van der Waals surface area contributed by atoms with Crippen molar-refractivity contribution in [3.63, 3.8) is 0 Å². The maximum atomic E-state index is 13.0. The first-order valence-electron chi connectivity index (χ1n) is 13.8. The van der Waals surface area contributed by atoms with Crippen LogP contribution in [-0.2, 0) is 9.59 Å². The zero-order chi connectivity index (χ0) is 28.2. The van der Waals surface area contributed by atoms with E-state index >= 15 is 0 Å². The summed E-state index contributed by atoms with van der Waals surface area (Å²) >= 11 is 1.63. The second-order valence-electron chi connectivity index (χ2n) is 11.8. The number of carbonyl (C=O) groups is 2. The van der Waals surface area contributed by atoms with E-state index in [1.54, 1.807) is 11.8 Å². The van der Waals surface area contributed by atoms with E-state index in [0.29, 0.717) is 32.5 Å². The van der Waals surface area contributed by atoms with Crippen LogP contribution in [0.2, 0.25) is 0 Å². The van der Waals surface area contributed by atoms with E-state index in [2.05, 4.69) is 91.8 Å². The summed E-state index contributed by atoms with van der Waals surface area (Å²) < 4.78 is 2.11.